The molecule has 2 unspecified atom stereocenters. The number of imide groups is 1. The van der Waals surface area contributed by atoms with Crippen molar-refractivity contribution in [3.8, 4) is 0 Å². The molecule has 0 spiro atoms. The predicted octanol–water partition coefficient (Wildman–Crippen LogP) is 7.59. The minimum Gasteiger partial charge on any atom is -0.444 e. The Kier molecular flexibility index (Phi) is 19.3. The van der Waals surface area contributed by atoms with Crippen LogP contribution in [0, 0.1) is 0 Å². The van der Waals surface area contributed by atoms with Crippen molar-refractivity contribution in [3.63, 3.8) is 0 Å². The van der Waals surface area contributed by atoms with E-state index in [4.69, 9.17) is 18.9 Å². The Morgan fingerprint density at radius 3 is 2.02 bits per heavy atom. The second-order valence-corrected chi connectivity index (χ2v) is 10.9. The van der Waals surface area contributed by atoms with E-state index in [2.05, 4.69) is 11.9 Å². The third-order valence-corrected chi connectivity index (χ3v) is 7.25. The van der Waals surface area contributed by atoms with Crippen molar-refractivity contribution in [1.82, 2.24) is 9.88 Å². The number of pyridine rings is 1. The molecule has 0 aromatic carbocycles. The Morgan fingerprint density at radius 1 is 0.875 bits per heavy atom. The first-order valence-corrected chi connectivity index (χ1v) is 15.8. The van der Waals surface area contributed by atoms with Gasteiger partial charge >= 0.3 is 6.09 Å². The van der Waals surface area contributed by atoms with Crippen molar-refractivity contribution in [3.05, 3.63) is 30.1 Å². The summed E-state index contributed by atoms with van der Waals surface area (Å²) in [5.41, 5.74) is 0.601. The number of carbonyl (C=O) groups excluding carboxylic acids is 2. The Hall–Kier alpha value is -2.03. The molecule has 0 N–H and O–H groups in total. The molecule has 1 aliphatic heterocycles. The van der Waals surface area contributed by atoms with Gasteiger partial charge in [0, 0.05) is 19.7 Å². The van der Waals surface area contributed by atoms with E-state index >= 15 is 0 Å². The van der Waals surface area contributed by atoms with Crippen LogP contribution >= 0.6 is 0 Å². The number of aromatic nitrogens is 1. The number of nitrogens with zero attached hydrogens (tertiary/aromatic N) is 2. The minimum atomic E-state index is -0.742. The Bertz CT molecular complexity index is 778. The van der Waals surface area contributed by atoms with E-state index in [0.29, 0.717) is 18.9 Å². The molecule has 8 nitrogen and oxygen atoms in total. The van der Waals surface area contributed by atoms with E-state index in [0.717, 1.165) is 17.9 Å². The summed E-state index contributed by atoms with van der Waals surface area (Å²) in [4.78, 5) is 29.5. The lowest BCUT2D eigenvalue weighted by Gasteiger charge is -2.19. The van der Waals surface area contributed by atoms with Crippen LogP contribution in [0.15, 0.2) is 24.4 Å². The molecule has 0 aliphatic carbocycles. The van der Waals surface area contributed by atoms with Crippen molar-refractivity contribution >= 4 is 12.0 Å². The molecule has 1 aromatic heterocycles. The maximum absolute atomic E-state index is 12.4. The molecule has 2 rings (SSSR count). The summed E-state index contributed by atoms with van der Waals surface area (Å²) in [5.74, 6) is -0.413. The Balaban J connectivity index is 1.38. The van der Waals surface area contributed by atoms with Crippen LogP contribution in [0.4, 0.5) is 4.79 Å². The molecule has 2 amide bonds. The van der Waals surface area contributed by atoms with Crippen molar-refractivity contribution in [2.45, 2.75) is 136 Å². The Morgan fingerprint density at radius 2 is 1.48 bits per heavy atom. The second kappa shape index (κ2) is 22.6. The van der Waals surface area contributed by atoms with Gasteiger partial charge in [0.1, 0.15) is 12.7 Å². The van der Waals surface area contributed by atoms with Crippen molar-refractivity contribution in [2.24, 2.45) is 0 Å². The summed E-state index contributed by atoms with van der Waals surface area (Å²) in [7, 11) is 0. The van der Waals surface area contributed by atoms with Gasteiger partial charge in [0.15, 0.2) is 6.29 Å². The monoisotopic (exact) mass is 562 g/mol. The lowest BCUT2D eigenvalue weighted by Crippen LogP contribution is -2.37. The lowest BCUT2D eigenvalue weighted by atomic mass is 10.0. The van der Waals surface area contributed by atoms with Crippen LogP contribution in [-0.2, 0) is 30.3 Å². The van der Waals surface area contributed by atoms with Gasteiger partial charge in [-0.2, -0.15) is 0 Å². The summed E-state index contributed by atoms with van der Waals surface area (Å²) in [6, 6.07) is 5.32. The molecule has 2 atom stereocenters. The van der Waals surface area contributed by atoms with Gasteiger partial charge in [-0.15, -0.1) is 0 Å². The van der Waals surface area contributed by atoms with Crippen LogP contribution in [0.5, 0.6) is 0 Å². The van der Waals surface area contributed by atoms with Crippen molar-refractivity contribution < 1.29 is 28.5 Å². The van der Waals surface area contributed by atoms with E-state index in [1.165, 1.54) is 103 Å². The van der Waals surface area contributed by atoms with Gasteiger partial charge in [0.05, 0.1) is 25.5 Å². The average molecular weight is 563 g/mol. The first-order chi connectivity index (χ1) is 19.6. The van der Waals surface area contributed by atoms with Crippen LogP contribution in [0.25, 0.3) is 0 Å². The lowest BCUT2D eigenvalue weighted by molar-refractivity contribution is -0.130. The average Bonchev–Trinajstić information content (AvgIpc) is 3.42. The molecule has 40 heavy (non-hydrogen) atoms. The van der Waals surface area contributed by atoms with Crippen molar-refractivity contribution in [1.29, 1.82) is 0 Å². The molecule has 8 heteroatoms. The Labute approximate surface area is 242 Å². The standard InChI is InChI=1S/C32H54N2O6/c1-3-4-5-6-7-8-9-10-11-12-13-14-15-16-17-20-23-37-25-30-26-38-31(40-30)27-39-32(36)34(28(2)35)24-29-21-18-19-22-33-29/h18-19,21-22,30-31H,3-17,20,23-27H2,1-2H3. The molecule has 0 bridgehead atoms. The molecule has 0 saturated carbocycles. The number of carbonyl (C=O) groups is 2. The minimum absolute atomic E-state index is 0.0528. The molecule has 1 aromatic rings. The highest BCUT2D eigenvalue weighted by molar-refractivity contribution is 5.90. The number of hydrogen-bond donors (Lipinski definition) is 0. The van der Waals surface area contributed by atoms with E-state index in [-0.39, 0.29) is 19.3 Å². The summed E-state index contributed by atoms with van der Waals surface area (Å²) in [6.45, 7) is 5.14. The van der Waals surface area contributed by atoms with Crippen LogP contribution in [0.3, 0.4) is 0 Å². The van der Waals surface area contributed by atoms with E-state index < -0.39 is 18.3 Å². The van der Waals surface area contributed by atoms with Gasteiger partial charge in [-0.05, 0) is 18.6 Å². The summed E-state index contributed by atoms with van der Waals surface area (Å²) < 4.78 is 22.4. The fourth-order valence-electron chi connectivity index (χ4n) is 4.82. The summed E-state index contributed by atoms with van der Waals surface area (Å²) in [5, 5.41) is 0. The quantitative estimate of drug-likeness (QED) is 0.127. The third-order valence-electron chi connectivity index (χ3n) is 7.25. The van der Waals surface area contributed by atoms with Crippen LogP contribution < -0.4 is 0 Å². The van der Waals surface area contributed by atoms with Gasteiger partial charge in [0.25, 0.3) is 0 Å². The van der Waals surface area contributed by atoms with Gasteiger partial charge in [0.2, 0.25) is 5.91 Å². The third kappa shape index (κ3) is 16.3. The van der Waals surface area contributed by atoms with Gasteiger partial charge in [-0.3, -0.25) is 9.78 Å². The molecule has 0 radical (unpaired) electrons. The van der Waals surface area contributed by atoms with Crippen LogP contribution in [0.2, 0.25) is 0 Å². The summed E-state index contributed by atoms with van der Waals surface area (Å²) in [6.07, 6.45) is 21.7. The van der Waals surface area contributed by atoms with Crippen molar-refractivity contribution in [2.75, 3.05) is 26.4 Å². The van der Waals surface area contributed by atoms with E-state index in [1.807, 2.05) is 0 Å². The highest BCUT2D eigenvalue weighted by atomic mass is 16.7. The maximum atomic E-state index is 12.4. The number of amides is 2. The molecule has 1 fully saturated rings. The van der Waals surface area contributed by atoms with Gasteiger partial charge in [-0.25, -0.2) is 9.69 Å². The van der Waals surface area contributed by atoms with Crippen LogP contribution in [0.1, 0.15) is 122 Å². The largest absolute Gasteiger partial charge is 0.444 e. The number of ether oxygens (including phenoxy) is 4. The molecular weight excluding hydrogens is 508 g/mol. The molecule has 228 valence electrons. The first kappa shape index (κ1) is 34.2. The molecule has 2 heterocycles. The number of unbranched alkanes of at least 4 members (excludes halogenated alkanes) is 15. The normalized spacial score (nSPS) is 16.8. The van der Waals surface area contributed by atoms with E-state index in [1.54, 1.807) is 24.4 Å². The maximum Gasteiger partial charge on any atom is 0.417 e. The second-order valence-electron chi connectivity index (χ2n) is 10.9. The zero-order valence-corrected chi connectivity index (χ0v) is 25.2. The number of rotatable bonds is 23. The molecular formula is C32H54N2O6. The fraction of sp³-hybridized carbons (Fsp3) is 0.781. The van der Waals surface area contributed by atoms with Gasteiger partial charge < -0.3 is 18.9 Å². The first-order valence-electron chi connectivity index (χ1n) is 15.8. The topological polar surface area (TPSA) is 87.2 Å². The summed E-state index contributed by atoms with van der Waals surface area (Å²) >= 11 is 0. The number of hydrogen-bond acceptors (Lipinski definition) is 7. The molecule has 1 aliphatic rings. The van der Waals surface area contributed by atoms with E-state index in [9.17, 15) is 9.59 Å². The highest BCUT2D eigenvalue weighted by Gasteiger charge is 2.29. The zero-order valence-electron chi connectivity index (χ0n) is 25.2. The molecule has 1 saturated heterocycles. The SMILES string of the molecule is CCCCCCCCCCCCCCCCCCOCC1COC(COC(=O)N(Cc2ccccn2)C(C)=O)O1. The zero-order chi connectivity index (χ0) is 28.7. The van der Waals surface area contributed by atoms with Crippen LogP contribution in [-0.4, -0.2) is 60.7 Å². The smallest absolute Gasteiger partial charge is 0.417 e. The van der Waals surface area contributed by atoms with Gasteiger partial charge in [-0.1, -0.05) is 109 Å². The fourth-order valence-corrected chi connectivity index (χ4v) is 4.82. The highest BCUT2D eigenvalue weighted by Crippen LogP contribution is 2.15. The predicted molar refractivity (Wildman–Crippen MR) is 157 cm³/mol.